The maximum Gasteiger partial charge on any atom is 0.226 e. The number of aromatic nitrogens is 4. The average Bonchev–Trinajstić information content (AvgIpc) is 3.15. The van der Waals surface area contributed by atoms with E-state index >= 15 is 0 Å². The van der Waals surface area contributed by atoms with Crippen molar-refractivity contribution in [3.8, 4) is 0 Å². The number of rotatable bonds is 6. The Hall–Kier alpha value is -2.38. The third-order valence-electron chi connectivity index (χ3n) is 4.11. The Morgan fingerprint density at radius 1 is 1.30 bits per heavy atom. The molecule has 0 atom stereocenters. The number of carbonyl (C=O) groups is 1. The minimum Gasteiger partial charge on any atom is -0.323 e. The molecule has 1 aromatic carbocycles. The molecule has 0 bridgehead atoms. The highest BCUT2D eigenvalue weighted by molar-refractivity contribution is 6.32. The van der Waals surface area contributed by atoms with Gasteiger partial charge in [-0.1, -0.05) is 29.3 Å². The van der Waals surface area contributed by atoms with Crippen molar-refractivity contribution in [3.05, 3.63) is 63.4 Å². The number of benzene rings is 1. The summed E-state index contributed by atoms with van der Waals surface area (Å²) in [6.45, 7) is 4.50. The molecule has 142 valence electrons. The first-order valence-electron chi connectivity index (χ1n) is 8.29. The van der Waals surface area contributed by atoms with Gasteiger partial charge in [0.25, 0.3) is 0 Å². The highest BCUT2D eigenvalue weighted by Gasteiger charge is 2.11. The first-order chi connectivity index (χ1) is 12.8. The van der Waals surface area contributed by atoms with Crippen LogP contribution in [-0.2, 0) is 17.9 Å². The van der Waals surface area contributed by atoms with Gasteiger partial charge in [-0.2, -0.15) is 10.2 Å². The molecule has 0 aliphatic rings. The summed E-state index contributed by atoms with van der Waals surface area (Å²) < 4.78 is 16.4. The van der Waals surface area contributed by atoms with Crippen LogP contribution in [0.15, 0.2) is 30.6 Å². The van der Waals surface area contributed by atoms with Gasteiger partial charge in [-0.3, -0.25) is 14.2 Å². The molecule has 0 spiro atoms. The zero-order valence-corrected chi connectivity index (χ0v) is 16.4. The van der Waals surface area contributed by atoms with Crippen molar-refractivity contribution in [3.63, 3.8) is 0 Å². The molecule has 0 unspecified atom stereocenters. The minimum absolute atomic E-state index is 0.155. The zero-order valence-electron chi connectivity index (χ0n) is 14.8. The SMILES string of the molecule is Cc1nn(CCC(=O)Nc2cnn(Cc3ccc(F)cc3Cl)c2)c(C)c1Cl. The van der Waals surface area contributed by atoms with Gasteiger partial charge in [0, 0.05) is 17.6 Å². The number of halogens is 3. The second kappa shape index (κ2) is 8.10. The molecule has 3 rings (SSSR count). The van der Waals surface area contributed by atoms with Crippen molar-refractivity contribution in [2.75, 3.05) is 5.32 Å². The van der Waals surface area contributed by atoms with Gasteiger partial charge in [0.05, 0.1) is 41.4 Å². The molecule has 1 N–H and O–H groups in total. The largest absolute Gasteiger partial charge is 0.323 e. The number of nitrogens with zero attached hydrogens (tertiary/aromatic N) is 4. The fourth-order valence-electron chi connectivity index (χ4n) is 2.66. The second-order valence-electron chi connectivity index (χ2n) is 6.17. The fourth-order valence-corrected chi connectivity index (χ4v) is 3.03. The van der Waals surface area contributed by atoms with E-state index < -0.39 is 0 Å². The van der Waals surface area contributed by atoms with Crippen molar-refractivity contribution in [1.82, 2.24) is 19.6 Å². The summed E-state index contributed by atoms with van der Waals surface area (Å²) in [5.41, 5.74) is 2.89. The Bertz CT molecular complexity index is 982. The van der Waals surface area contributed by atoms with E-state index in [0.717, 1.165) is 17.0 Å². The number of amides is 1. The number of hydrogen-bond acceptors (Lipinski definition) is 3. The summed E-state index contributed by atoms with van der Waals surface area (Å²) in [4.78, 5) is 12.2. The molecule has 2 heterocycles. The van der Waals surface area contributed by atoms with Crippen molar-refractivity contribution < 1.29 is 9.18 Å². The van der Waals surface area contributed by atoms with Gasteiger partial charge in [0.2, 0.25) is 5.91 Å². The Kier molecular flexibility index (Phi) is 5.82. The Balaban J connectivity index is 1.56. The standard InChI is InChI=1S/C18H18Cl2FN5O/c1-11-18(20)12(2)26(24-11)6-5-17(27)23-15-8-22-25(10-15)9-13-3-4-14(21)7-16(13)19/h3-4,7-8,10H,5-6,9H2,1-2H3,(H,23,27). The summed E-state index contributed by atoms with van der Waals surface area (Å²) in [6, 6.07) is 4.21. The van der Waals surface area contributed by atoms with E-state index in [1.807, 2.05) is 13.8 Å². The zero-order chi connectivity index (χ0) is 19.6. The Morgan fingerprint density at radius 3 is 2.74 bits per heavy atom. The van der Waals surface area contributed by atoms with Crippen molar-refractivity contribution in [2.45, 2.75) is 33.4 Å². The summed E-state index contributed by atoms with van der Waals surface area (Å²) in [5.74, 6) is -0.542. The van der Waals surface area contributed by atoms with Crippen LogP contribution in [0.1, 0.15) is 23.4 Å². The molecule has 0 saturated heterocycles. The molecule has 0 saturated carbocycles. The van der Waals surface area contributed by atoms with Crippen LogP contribution < -0.4 is 5.32 Å². The lowest BCUT2D eigenvalue weighted by molar-refractivity contribution is -0.116. The maximum absolute atomic E-state index is 13.1. The van der Waals surface area contributed by atoms with Crippen LogP contribution in [-0.4, -0.2) is 25.5 Å². The van der Waals surface area contributed by atoms with Gasteiger partial charge in [-0.05, 0) is 31.5 Å². The fraction of sp³-hybridized carbons (Fsp3) is 0.278. The van der Waals surface area contributed by atoms with E-state index in [0.29, 0.717) is 28.8 Å². The molecule has 3 aromatic rings. The van der Waals surface area contributed by atoms with Gasteiger partial charge < -0.3 is 5.32 Å². The van der Waals surface area contributed by atoms with E-state index in [1.54, 1.807) is 27.8 Å². The number of nitrogens with one attached hydrogen (secondary N) is 1. The van der Waals surface area contributed by atoms with Crippen LogP contribution in [0.4, 0.5) is 10.1 Å². The normalized spacial score (nSPS) is 11.0. The lowest BCUT2D eigenvalue weighted by Gasteiger charge is -2.06. The van der Waals surface area contributed by atoms with Crippen LogP contribution in [0.3, 0.4) is 0 Å². The molecule has 9 heteroatoms. The van der Waals surface area contributed by atoms with E-state index in [9.17, 15) is 9.18 Å². The first kappa shape index (κ1) is 19.4. The Morgan fingerprint density at radius 2 is 2.07 bits per heavy atom. The molecular weight excluding hydrogens is 392 g/mol. The molecule has 2 aromatic heterocycles. The summed E-state index contributed by atoms with van der Waals surface area (Å²) >= 11 is 12.1. The predicted octanol–water partition coefficient (Wildman–Crippen LogP) is 4.22. The second-order valence-corrected chi connectivity index (χ2v) is 6.95. The third-order valence-corrected chi connectivity index (χ3v) is 5.01. The minimum atomic E-state index is -0.388. The van der Waals surface area contributed by atoms with Gasteiger partial charge in [-0.25, -0.2) is 4.39 Å². The van der Waals surface area contributed by atoms with Crippen LogP contribution in [0.25, 0.3) is 0 Å². The highest BCUT2D eigenvalue weighted by atomic mass is 35.5. The molecule has 0 fully saturated rings. The van der Waals surface area contributed by atoms with Crippen LogP contribution in [0, 0.1) is 19.7 Å². The molecular formula is C18H18Cl2FN5O. The van der Waals surface area contributed by atoms with Crippen molar-refractivity contribution >= 4 is 34.8 Å². The van der Waals surface area contributed by atoms with Gasteiger partial charge in [-0.15, -0.1) is 0 Å². The molecule has 6 nitrogen and oxygen atoms in total. The van der Waals surface area contributed by atoms with E-state index in [-0.39, 0.29) is 18.1 Å². The summed E-state index contributed by atoms with van der Waals surface area (Å²) in [6.07, 6.45) is 3.50. The van der Waals surface area contributed by atoms with E-state index in [4.69, 9.17) is 23.2 Å². The number of anilines is 1. The molecule has 27 heavy (non-hydrogen) atoms. The number of hydrogen-bond donors (Lipinski definition) is 1. The van der Waals surface area contributed by atoms with Crippen molar-refractivity contribution in [2.24, 2.45) is 0 Å². The molecule has 0 radical (unpaired) electrons. The Labute approximate surface area is 165 Å². The highest BCUT2D eigenvalue weighted by Crippen LogP contribution is 2.20. The predicted molar refractivity (Wildman–Crippen MR) is 103 cm³/mol. The quantitative estimate of drug-likeness (QED) is 0.662. The van der Waals surface area contributed by atoms with Gasteiger partial charge in [0.15, 0.2) is 0 Å². The van der Waals surface area contributed by atoms with E-state index in [1.165, 1.54) is 12.1 Å². The molecule has 0 aliphatic carbocycles. The van der Waals surface area contributed by atoms with Crippen LogP contribution >= 0.6 is 23.2 Å². The van der Waals surface area contributed by atoms with Crippen LogP contribution in [0.2, 0.25) is 10.0 Å². The molecule has 0 aliphatic heterocycles. The summed E-state index contributed by atoms with van der Waals surface area (Å²) in [7, 11) is 0. The lowest BCUT2D eigenvalue weighted by Crippen LogP contribution is -2.15. The number of carbonyl (C=O) groups excluding carboxylic acids is 1. The summed E-state index contributed by atoms with van der Waals surface area (Å²) in [5, 5.41) is 12.2. The number of aryl methyl sites for hydroxylation is 2. The van der Waals surface area contributed by atoms with Crippen LogP contribution in [0.5, 0.6) is 0 Å². The van der Waals surface area contributed by atoms with Gasteiger partial charge in [0.1, 0.15) is 5.82 Å². The first-order valence-corrected chi connectivity index (χ1v) is 9.05. The van der Waals surface area contributed by atoms with Crippen molar-refractivity contribution in [1.29, 1.82) is 0 Å². The monoisotopic (exact) mass is 409 g/mol. The smallest absolute Gasteiger partial charge is 0.226 e. The third kappa shape index (κ3) is 4.67. The van der Waals surface area contributed by atoms with E-state index in [2.05, 4.69) is 15.5 Å². The topological polar surface area (TPSA) is 64.7 Å². The maximum atomic E-state index is 13.1. The van der Waals surface area contributed by atoms with Gasteiger partial charge >= 0.3 is 0 Å². The average molecular weight is 410 g/mol. The lowest BCUT2D eigenvalue weighted by atomic mass is 10.2. The molecule has 1 amide bonds.